The van der Waals surface area contributed by atoms with Crippen molar-refractivity contribution in [2.75, 3.05) is 0 Å². The molecule has 0 saturated heterocycles. The summed E-state index contributed by atoms with van der Waals surface area (Å²) in [5.74, 6) is -0.866. The van der Waals surface area contributed by atoms with Gasteiger partial charge in [-0.2, -0.15) is 0 Å². The third-order valence-electron chi connectivity index (χ3n) is 3.33. The quantitative estimate of drug-likeness (QED) is 0.882. The summed E-state index contributed by atoms with van der Waals surface area (Å²) in [5, 5.41) is 12.9. The molecule has 0 fully saturated rings. The van der Waals surface area contributed by atoms with Crippen LogP contribution in [0.2, 0.25) is 0 Å². The van der Waals surface area contributed by atoms with Crippen molar-refractivity contribution in [3.63, 3.8) is 0 Å². The Hall–Kier alpha value is -1.94. The normalized spacial score (nSPS) is 14.0. The van der Waals surface area contributed by atoms with Crippen molar-refractivity contribution in [2.45, 2.75) is 25.9 Å². The van der Waals surface area contributed by atoms with Gasteiger partial charge in [0.25, 0.3) is 0 Å². The minimum Gasteiger partial charge on any atom is -0.508 e. The lowest BCUT2D eigenvalue weighted by atomic mass is 10.0. The third kappa shape index (κ3) is 3.14. The second-order valence-corrected chi connectivity index (χ2v) is 4.83. The molecule has 0 aromatic heterocycles. The maximum Gasteiger partial charge on any atom is 0.127 e. The highest BCUT2D eigenvalue weighted by Crippen LogP contribution is 2.27. The van der Waals surface area contributed by atoms with Crippen molar-refractivity contribution in [1.29, 1.82) is 0 Å². The predicted octanol–water partition coefficient (Wildman–Crippen LogP) is 4.08. The van der Waals surface area contributed by atoms with Gasteiger partial charge in [-0.25, -0.2) is 8.78 Å². The zero-order valence-electron chi connectivity index (χ0n) is 11.4. The molecule has 0 bridgehead atoms. The van der Waals surface area contributed by atoms with E-state index >= 15 is 0 Å². The van der Waals surface area contributed by atoms with E-state index in [2.05, 4.69) is 5.32 Å². The molecular formula is C16H17F2NO. The lowest BCUT2D eigenvalue weighted by Crippen LogP contribution is -2.23. The first-order chi connectivity index (χ1) is 9.49. The molecule has 0 aliphatic carbocycles. The van der Waals surface area contributed by atoms with Gasteiger partial charge in [-0.1, -0.05) is 24.3 Å². The van der Waals surface area contributed by atoms with Gasteiger partial charge >= 0.3 is 0 Å². The zero-order valence-corrected chi connectivity index (χ0v) is 11.4. The fourth-order valence-corrected chi connectivity index (χ4v) is 2.26. The van der Waals surface area contributed by atoms with Gasteiger partial charge in [0.1, 0.15) is 17.4 Å². The highest BCUT2D eigenvalue weighted by molar-refractivity contribution is 5.35. The lowest BCUT2D eigenvalue weighted by molar-refractivity contribution is 0.429. The molecular weight excluding hydrogens is 260 g/mol. The Bertz CT molecular complexity index is 601. The topological polar surface area (TPSA) is 32.3 Å². The van der Waals surface area contributed by atoms with Crippen LogP contribution in [0, 0.1) is 11.6 Å². The molecule has 2 aromatic carbocycles. The maximum absolute atomic E-state index is 13.7. The van der Waals surface area contributed by atoms with E-state index < -0.39 is 5.82 Å². The van der Waals surface area contributed by atoms with E-state index in [9.17, 15) is 13.9 Å². The average molecular weight is 277 g/mol. The van der Waals surface area contributed by atoms with Crippen LogP contribution in [0.1, 0.15) is 37.1 Å². The number of rotatable bonds is 4. The van der Waals surface area contributed by atoms with E-state index in [1.54, 1.807) is 18.2 Å². The number of phenolic OH excluding ortho intramolecular Hbond substituents is 1. The third-order valence-corrected chi connectivity index (χ3v) is 3.33. The monoisotopic (exact) mass is 277 g/mol. The molecule has 2 rings (SSSR count). The van der Waals surface area contributed by atoms with Crippen molar-refractivity contribution in [3.05, 3.63) is 65.2 Å². The van der Waals surface area contributed by atoms with E-state index in [1.807, 2.05) is 13.8 Å². The predicted molar refractivity (Wildman–Crippen MR) is 74.4 cm³/mol. The van der Waals surface area contributed by atoms with Crippen LogP contribution in [0.4, 0.5) is 8.78 Å². The first-order valence-electron chi connectivity index (χ1n) is 6.48. The lowest BCUT2D eigenvalue weighted by Gasteiger charge is -2.21. The van der Waals surface area contributed by atoms with Crippen molar-refractivity contribution in [2.24, 2.45) is 0 Å². The minimum atomic E-state index is -0.486. The van der Waals surface area contributed by atoms with Gasteiger partial charge in [-0.15, -0.1) is 0 Å². The summed E-state index contributed by atoms with van der Waals surface area (Å²) in [7, 11) is 0. The SMILES string of the molecule is CC(NC(C)c1ccccc1F)c1ccc(F)cc1O. The van der Waals surface area contributed by atoms with Crippen LogP contribution in [-0.4, -0.2) is 5.11 Å². The highest BCUT2D eigenvalue weighted by Gasteiger charge is 2.16. The standard InChI is InChI=1S/C16H17F2NO/c1-10(13-5-3-4-6-15(13)18)19-11(2)14-8-7-12(17)9-16(14)20/h3-11,19-20H,1-2H3. The Morgan fingerprint density at radius 1 is 0.950 bits per heavy atom. The van der Waals surface area contributed by atoms with Gasteiger partial charge in [0.15, 0.2) is 0 Å². The van der Waals surface area contributed by atoms with Crippen molar-refractivity contribution in [1.82, 2.24) is 5.32 Å². The van der Waals surface area contributed by atoms with Crippen LogP contribution in [0.15, 0.2) is 42.5 Å². The summed E-state index contributed by atoms with van der Waals surface area (Å²) in [5.41, 5.74) is 1.13. The number of phenols is 1. The van der Waals surface area contributed by atoms with Gasteiger partial charge in [-0.05, 0) is 26.0 Å². The van der Waals surface area contributed by atoms with Crippen LogP contribution in [-0.2, 0) is 0 Å². The summed E-state index contributed by atoms with van der Waals surface area (Å²) in [4.78, 5) is 0. The highest BCUT2D eigenvalue weighted by atomic mass is 19.1. The zero-order chi connectivity index (χ0) is 14.7. The molecule has 4 heteroatoms. The molecule has 2 aromatic rings. The summed E-state index contributed by atoms with van der Waals surface area (Å²) in [6.07, 6.45) is 0. The average Bonchev–Trinajstić information content (AvgIpc) is 2.38. The van der Waals surface area contributed by atoms with Crippen LogP contribution in [0.3, 0.4) is 0 Å². The van der Waals surface area contributed by atoms with E-state index in [0.717, 1.165) is 6.07 Å². The molecule has 0 radical (unpaired) electrons. The molecule has 0 amide bonds. The Balaban J connectivity index is 2.15. The molecule has 0 heterocycles. The largest absolute Gasteiger partial charge is 0.508 e. The van der Waals surface area contributed by atoms with Crippen LogP contribution in [0.5, 0.6) is 5.75 Å². The summed E-state index contributed by atoms with van der Waals surface area (Å²) >= 11 is 0. The molecule has 106 valence electrons. The summed E-state index contributed by atoms with van der Waals surface area (Å²) < 4.78 is 26.6. The van der Waals surface area contributed by atoms with E-state index in [0.29, 0.717) is 11.1 Å². The molecule has 2 unspecified atom stereocenters. The molecule has 20 heavy (non-hydrogen) atoms. The second-order valence-electron chi connectivity index (χ2n) is 4.83. The Morgan fingerprint density at radius 2 is 1.60 bits per heavy atom. The number of hydrogen-bond acceptors (Lipinski definition) is 2. The molecule has 0 aliphatic heterocycles. The van der Waals surface area contributed by atoms with Gasteiger partial charge in [0, 0.05) is 29.3 Å². The Labute approximate surface area is 117 Å². The van der Waals surface area contributed by atoms with E-state index in [-0.39, 0.29) is 23.7 Å². The maximum atomic E-state index is 13.7. The number of aromatic hydroxyl groups is 1. The summed E-state index contributed by atoms with van der Waals surface area (Å²) in [6.45, 7) is 3.68. The first-order valence-corrected chi connectivity index (χ1v) is 6.48. The number of hydrogen-bond donors (Lipinski definition) is 2. The Kier molecular flexibility index (Phi) is 4.35. The fraction of sp³-hybridized carbons (Fsp3) is 0.250. The number of halogens is 2. The smallest absolute Gasteiger partial charge is 0.127 e. The minimum absolute atomic E-state index is 0.106. The molecule has 0 aliphatic rings. The molecule has 2 atom stereocenters. The van der Waals surface area contributed by atoms with Crippen LogP contribution in [0.25, 0.3) is 0 Å². The van der Waals surface area contributed by atoms with Gasteiger partial charge in [-0.3, -0.25) is 0 Å². The van der Waals surface area contributed by atoms with Gasteiger partial charge in [0.05, 0.1) is 0 Å². The van der Waals surface area contributed by atoms with Crippen LogP contribution < -0.4 is 5.32 Å². The van der Waals surface area contributed by atoms with Crippen molar-refractivity contribution < 1.29 is 13.9 Å². The first kappa shape index (κ1) is 14.5. The van der Waals surface area contributed by atoms with Crippen molar-refractivity contribution >= 4 is 0 Å². The van der Waals surface area contributed by atoms with Gasteiger partial charge < -0.3 is 10.4 Å². The molecule has 2 nitrogen and oxygen atoms in total. The molecule has 2 N–H and O–H groups in total. The van der Waals surface area contributed by atoms with Crippen LogP contribution >= 0.6 is 0 Å². The molecule has 0 spiro atoms. The number of nitrogens with one attached hydrogen (secondary N) is 1. The van der Waals surface area contributed by atoms with E-state index in [1.165, 1.54) is 18.2 Å². The molecule has 0 saturated carbocycles. The fourth-order valence-electron chi connectivity index (χ4n) is 2.26. The van der Waals surface area contributed by atoms with Crippen molar-refractivity contribution in [3.8, 4) is 5.75 Å². The van der Waals surface area contributed by atoms with E-state index in [4.69, 9.17) is 0 Å². The summed E-state index contributed by atoms with van der Waals surface area (Å²) in [6, 6.07) is 9.97. The Morgan fingerprint density at radius 3 is 2.25 bits per heavy atom. The second kappa shape index (κ2) is 6.01. The van der Waals surface area contributed by atoms with Gasteiger partial charge in [0.2, 0.25) is 0 Å². The number of benzene rings is 2.